The molecule has 0 fully saturated rings. The summed E-state index contributed by atoms with van der Waals surface area (Å²) in [7, 11) is 0. The predicted octanol–water partition coefficient (Wildman–Crippen LogP) is 4.70. The third-order valence-electron chi connectivity index (χ3n) is 4.23. The van der Waals surface area contributed by atoms with E-state index >= 15 is 0 Å². The predicted molar refractivity (Wildman–Crippen MR) is 98.4 cm³/mol. The first-order chi connectivity index (χ1) is 12.0. The van der Waals surface area contributed by atoms with Crippen molar-refractivity contribution in [2.45, 2.75) is 33.2 Å². The highest BCUT2D eigenvalue weighted by Gasteiger charge is 2.17. The number of carbonyl (C=O) groups is 1. The van der Waals surface area contributed by atoms with E-state index in [-0.39, 0.29) is 5.91 Å². The van der Waals surface area contributed by atoms with Gasteiger partial charge >= 0.3 is 0 Å². The summed E-state index contributed by atoms with van der Waals surface area (Å²) >= 11 is 0. The molecular formula is C21H22N2O2. The van der Waals surface area contributed by atoms with Crippen molar-refractivity contribution in [2.75, 3.05) is 0 Å². The Morgan fingerprint density at radius 3 is 2.40 bits per heavy atom. The molecule has 0 atom stereocenters. The van der Waals surface area contributed by atoms with Gasteiger partial charge in [0.1, 0.15) is 5.56 Å². The number of amides is 1. The van der Waals surface area contributed by atoms with Crippen LogP contribution in [0.25, 0.3) is 11.3 Å². The molecule has 0 saturated heterocycles. The summed E-state index contributed by atoms with van der Waals surface area (Å²) in [6, 6.07) is 16.1. The number of rotatable bonds is 5. The Labute approximate surface area is 147 Å². The zero-order valence-electron chi connectivity index (χ0n) is 14.7. The van der Waals surface area contributed by atoms with Gasteiger partial charge in [0.25, 0.3) is 5.91 Å². The smallest absolute Gasteiger partial charge is 0.257 e. The number of aromatic nitrogens is 1. The molecule has 1 aromatic heterocycles. The summed E-state index contributed by atoms with van der Waals surface area (Å²) < 4.78 is 5.29. The number of hydrogen-bond donors (Lipinski definition) is 1. The van der Waals surface area contributed by atoms with Gasteiger partial charge in [0, 0.05) is 12.1 Å². The fourth-order valence-corrected chi connectivity index (χ4v) is 2.61. The fraction of sp³-hybridized carbons (Fsp3) is 0.238. The van der Waals surface area contributed by atoms with Gasteiger partial charge in [0.05, 0.1) is 6.20 Å². The van der Waals surface area contributed by atoms with Crippen LogP contribution in [-0.2, 0) is 6.54 Å². The molecule has 0 bridgehead atoms. The average Bonchev–Trinajstić information content (AvgIpc) is 3.10. The van der Waals surface area contributed by atoms with Crippen molar-refractivity contribution >= 4 is 5.91 Å². The van der Waals surface area contributed by atoms with Crippen LogP contribution >= 0.6 is 0 Å². The van der Waals surface area contributed by atoms with Crippen molar-refractivity contribution in [1.82, 2.24) is 10.5 Å². The van der Waals surface area contributed by atoms with Gasteiger partial charge in [-0.1, -0.05) is 73.1 Å². The number of nitrogens with one attached hydrogen (secondary N) is 1. The normalized spacial score (nSPS) is 10.9. The Morgan fingerprint density at radius 1 is 1.08 bits per heavy atom. The Balaban J connectivity index is 1.70. The molecule has 2 aromatic carbocycles. The van der Waals surface area contributed by atoms with Crippen molar-refractivity contribution < 1.29 is 9.32 Å². The summed E-state index contributed by atoms with van der Waals surface area (Å²) in [5.41, 5.74) is 4.79. The molecule has 0 radical (unpaired) electrons. The van der Waals surface area contributed by atoms with Gasteiger partial charge in [-0.2, -0.15) is 0 Å². The molecule has 3 aromatic rings. The van der Waals surface area contributed by atoms with Crippen LogP contribution in [0.2, 0.25) is 0 Å². The zero-order chi connectivity index (χ0) is 17.8. The molecule has 128 valence electrons. The quantitative estimate of drug-likeness (QED) is 0.735. The molecule has 0 aliphatic heterocycles. The third-order valence-corrected chi connectivity index (χ3v) is 4.23. The van der Waals surface area contributed by atoms with E-state index in [4.69, 9.17) is 4.52 Å². The molecule has 3 rings (SSSR count). The lowest BCUT2D eigenvalue weighted by Gasteiger charge is -2.08. The zero-order valence-corrected chi connectivity index (χ0v) is 14.7. The van der Waals surface area contributed by atoms with Crippen LogP contribution < -0.4 is 5.32 Å². The van der Waals surface area contributed by atoms with E-state index in [1.807, 2.05) is 43.3 Å². The second-order valence-electron chi connectivity index (χ2n) is 6.51. The van der Waals surface area contributed by atoms with Crippen LogP contribution in [-0.4, -0.2) is 11.1 Å². The van der Waals surface area contributed by atoms with Crippen LogP contribution in [0.15, 0.2) is 59.3 Å². The summed E-state index contributed by atoms with van der Waals surface area (Å²) in [6.07, 6.45) is 1.46. The van der Waals surface area contributed by atoms with E-state index in [0.717, 1.165) is 16.7 Å². The lowest BCUT2D eigenvalue weighted by molar-refractivity contribution is 0.0951. The number of hydrogen-bond acceptors (Lipinski definition) is 3. The first kappa shape index (κ1) is 17.0. The Kier molecular flexibility index (Phi) is 4.98. The van der Waals surface area contributed by atoms with Gasteiger partial charge in [0.15, 0.2) is 5.76 Å². The van der Waals surface area contributed by atoms with Gasteiger partial charge in [-0.05, 0) is 24.0 Å². The maximum Gasteiger partial charge on any atom is 0.257 e. The van der Waals surface area contributed by atoms with Crippen molar-refractivity contribution in [3.8, 4) is 11.3 Å². The van der Waals surface area contributed by atoms with Crippen molar-refractivity contribution in [3.05, 3.63) is 77.0 Å². The summed E-state index contributed by atoms with van der Waals surface area (Å²) in [6.45, 7) is 6.81. The molecule has 0 unspecified atom stereocenters. The molecule has 1 heterocycles. The minimum atomic E-state index is -0.190. The van der Waals surface area contributed by atoms with E-state index in [1.165, 1.54) is 11.8 Å². The second-order valence-corrected chi connectivity index (χ2v) is 6.51. The number of benzene rings is 2. The molecule has 0 aliphatic rings. The van der Waals surface area contributed by atoms with Crippen molar-refractivity contribution in [3.63, 3.8) is 0 Å². The summed E-state index contributed by atoms with van der Waals surface area (Å²) in [5, 5.41) is 6.72. The molecule has 1 amide bonds. The molecule has 0 aliphatic carbocycles. The van der Waals surface area contributed by atoms with Crippen LogP contribution in [0.5, 0.6) is 0 Å². The van der Waals surface area contributed by atoms with Gasteiger partial charge in [-0.3, -0.25) is 4.79 Å². The Bertz CT molecular complexity index is 846. The Morgan fingerprint density at radius 2 is 1.76 bits per heavy atom. The van der Waals surface area contributed by atoms with E-state index in [0.29, 0.717) is 23.8 Å². The number of nitrogens with zero attached hydrogens (tertiary/aromatic N) is 1. The minimum absolute atomic E-state index is 0.190. The van der Waals surface area contributed by atoms with Crippen LogP contribution in [0.3, 0.4) is 0 Å². The third kappa shape index (κ3) is 3.97. The lowest BCUT2D eigenvalue weighted by atomic mass is 10.0. The number of carbonyl (C=O) groups excluding carboxylic acids is 1. The van der Waals surface area contributed by atoms with Crippen molar-refractivity contribution in [1.29, 1.82) is 0 Å². The van der Waals surface area contributed by atoms with Gasteiger partial charge < -0.3 is 9.84 Å². The topological polar surface area (TPSA) is 55.1 Å². The van der Waals surface area contributed by atoms with E-state index < -0.39 is 0 Å². The average molecular weight is 334 g/mol. The molecule has 1 N–H and O–H groups in total. The maximum absolute atomic E-state index is 12.5. The van der Waals surface area contributed by atoms with Crippen LogP contribution in [0, 0.1) is 6.92 Å². The molecule has 25 heavy (non-hydrogen) atoms. The number of aryl methyl sites for hydroxylation is 1. The van der Waals surface area contributed by atoms with Crippen LogP contribution in [0.4, 0.5) is 0 Å². The van der Waals surface area contributed by atoms with Crippen LogP contribution in [0.1, 0.15) is 46.8 Å². The van der Waals surface area contributed by atoms with Crippen molar-refractivity contribution in [2.24, 2.45) is 0 Å². The summed E-state index contributed by atoms with van der Waals surface area (Å²) in [5.74, 6) is 0.801. The molecule has 0 spiro atoms. The first-order valence-electron chi connectivity index (χ1n) is 8.43. The standard InChI is InChI=1S/C21H22N2O2/c1-14(2)17-10-6-16(7-11-17)12-22-21(24)19-13-23-25-20(19)18-8-4-15(3)5-9-18/h4-11,13-14H,12H2,1-3H3,(H,22,24). The largest absolute Gasteiger partial charge is 0.355 e. The molecular weight excluding hydrogens is 312 g/mol. The molecule has 4 nitrogen and oxygen atoms in total. The Hall–Kier alpha value is -2.88. The van der Waals surface area contributed by atoms with Gasteiger partial charge in [0.2, 0.25) is 0 Å². The SMILES string of the molecule is Cc1ccc(-c2oncc2C(=O)NCc2ccc(C(C)C)cc2)cc1. The van der Waals surface area contributed by atoms with E-state index in [2.05, 4.69) is 36.5 Å². The highest BCUT2D eigenvalue weighted by molar-refractivity contribution is 5.99. The van der Waals surface area contributed by atoms with E-state index in [9.17, 15) is 4.79 Å². The highest BCUT2D eigenvalue weighted by atomic mass is 16.5. The maximum atomic E-state index is 12.5. The summed E-state index contributed by atoms with van der Waals surface area (Å²) in [4.78, 5) is 12.5. The minimum Gasteiger partial charge on any atom is -0.355 e. The van der Waals surface area contributed by atoms with Gasteiger partial charge in [-0.15, -0.1) is 0 Å². The first-order valence-corrected chi connectivity index (χ1v) is 8.43. The highest BCUT2D eigenvalue weighted by Crippen LogP contribution is 2.24. The molecule has 0 saturated carbocycles. The monoisotopic (exact) mass is 334 g/mol. The fourth-order valence-electron chi connectivity index (χ4n) is 2.61. The van der Waals surface area contributed by atoms with E-state index in [1.54, 1.807) is 0 Å². The lowest BCUT2D eigenvalue weighted by Crippen LogP contribution is -2.22. The second kappa shape index (κ2) is 7.34. The van der Waals surface area contributed by atoms with Gasteiger partial charge in [-0.25, -0.2) is 0 Å². The molecule has 4 heteroatoms.